The van der Waals surface area contributed by atoms with E-state index in [2.05, 4.69) is 4.99 Å². The van der Waals surface area contributed by atoms with Gasteiger partial charge in [0.05, 0.1) is 0 Å². The smallest absolute Gasteiger partial charge is 0.363 e. The molecule has 0 aromatic heterocycles. The number of hydrogen-bond donors (Lipinski definition) is 0. The van der Waals surface area contributed by atoms with Crippen molar-refractivity contribution in [2.45, 2.75) is 6.61 Å². The first-order chi connectivity index (χ1) is 13.7. The maximum atomic E-state index is 13.0. The second kappa shape index (κ2) is 7.88. The molecule has 0 saturated heterocycles. The van der Waals surface area contributed by atoms with Crippen molar-refractivity contribution in [2.24, 2.45) is 4.99 Å². The van der Waals surface area contributed by atoms with Gasteiger partial charge in [-0.15, -0.1) is 0 Å². The maximum absolute atomic E-state index is 13.0. The van der Waals surface area contributed by atoms with Crippen molar-refractivity contribution in [1.82, 2.24) is 0 Å². The van der Waals surface area contributed by atoms with Crippen LogP contribution in [-0.2, 0) is 16.1 Å². The van der Waals surface area contributed by atoms with E-state index in [1.165, 1.54) is 12.1 Å². The van der Waals surface area contributed by atoms with E-state index in [1.807, 2.05) is 48.5 Å². The van der Waals surface area contributed by atoms with E-state index >= 15 is 0 Å². The first kappa shape index (κ1) is 17.7. The number of halogens is 1. The van der Waals surface area contributed by atoms with E-state index in [1.54, 1.807) is 24.3 Å². The van der Waals surface area contributed by atoms with Gasteiger partial charge in [0.15, 0.2) is 5.70 Å². The molecule has 0 bridgehead atoms. The van der Waals surface area contributed by atoms with Crippen molar-refractivity contribution >= 4 is 17.9 Å². The van der Waals surface area contributed by atoms with E-state index < -0.39 is 5.97 Å². The first-order valence-corrected chi connectivity index (χ1v) is 8.73. The van der Waals surface area contributed by atoms with Gasteiger partial charge in [-0.1, -0.05) is 42.5 Å². The number of nitrogens with zero attached hydrogens (tertiary/aromatic N) is 1. The Balaban J connectivity index is 1.50. The minimum Gasteiger partial charge on any atom is -0.489 e. The summed E-state index contributed by atoms with van der Waals surface area (Å²) in [5.41, 5.74) is 2.61. The normalized spacial score (nSPS) is 14.7. The van der Waals surface area contributed by atoms with Crippen molar-refractivity contribution < 1.29 is 18.7 Å². The number of hydrogen-bond acceptors (Lipinski definition) is 4. The van der Waals surface area contributed by atoms with Gasteiger partial charge in [0.25, 0.3) is 0 Å². The van der Waals surface area contributed by atoms with Crippen LogP contribution in [0.2, 0.25) is 0 Å². The van der Waals surface area contributed by atoms with Crippen LogP contribution >= 0.6 is 0 Å². The largest absolute Gasteiger partial charge is 0.489 e. The topological polar surface area (TPSA) is 47.9 Å². The lowest BCUT2D eigenvalue weighted by Gasteiger charge is -2.07. The summed E-state index contributed by atoms with van der Waals surface area (Å²) in [7, 11) is 0. The van der Waals surface area contributed by atoms with Crippen LogP contribution in [0.4, 0.5) is 4.39 Å². The third-order valence-electron chi connectivity index (χ3n) is 4.12. The van der Waals surface area contributed by atoms with Crippen molar-refractivity contribution in [3.8, 4) is 5.75 Å². The highest BCUT2D eigenvalue weighted by molar-refractivity contribution is 6.12. The Morgan fingerprint density at radius 2 is 1.75 bits per heavy atom. The summed E-state index contributed by atoms with van der Waals surface area (Å²) in [4.78, 5) is 16.4. The quantitative estimate of drug-likeness (QED) is 0.479. The molecule has 1 aliphatic heterocycles. The predicted molar refractivity (Wildman–Crippen MR) is 104 cm³/mol. The molecule has 0 atom stereocenters. The van der Waals surface area contributed by atoms with Gasteiger partial charge < -0.3 is 9.47 Å². The van der Waals surface area contributed by atoms with Gasteiger partial charge in [0.1, 0.15) is 18.2 Å². The van der Waals surface area contributed by atoms with Crippen molar-refractivity contribution in [1.29, 1.82) is 0 Å². The molecular formula is C23H16FNO3. The Bertz CT molecular complexity index is 1060. The van der Waals surface area contributed by atoms with Gasteiger partial charge in [-0.3, -0.25) is 0 Å². The lowest BCUT2D eigenvalue weighted by Crippen LogP contribution is -2.04. The van der Waals surface area contributed by atoms with E-state index in [0.29, 0.717) is 18.3 Å². The number of cyclic esters (lactones) is 1. The Morgan fingerprint density at radius 3 is 2.54 bits per heavy atom. The summed E-state index contributed by atoms with van der Waals surface area (Å²) in [5.74, 6) is 0.158. The zero-order chi connectivity index (χ0) is 19.3. The number of esters is 1. The van der Waals surface area contributed by atoms with Gasteiger partial charge in [-0.05, 0) is 53.6 Å². The maximum Gasteiger partial charge on any atom is 0.363 e. The Kier molecular flexibility index (Phi) is 4.97. The second-order valence-corrected chi connectivity index (χ2v) is 6.19. The van der Waals surface area contributed by atoms with E-state index in [0.717, 1.165) is 16.7 Å². The number of aliphatic imine (C=N–C) groups is 1. The van der Waals surface area contributed by atoms with Crippen LogP contribution in [0.5, 0.6) is 5.75 Å². The van der Waals surface area contributed by atoms with Gasteiger partial charge in [0, 0.05) is 5.56 Å². The number of carbonyl (C=O) groups is 1. The van der Waals surface area contributed by atoms with E-state index in [-0.39, 0.29) is 11.5 Å². The highest BCUT2D eigenvalue weighted by Gasteiger charge is 2.23. The Morgan fingerprint density at radius 1 is 0.964 bits per heavy atom. The molecule has 138 valence electrons. The number of ether oxygens (including phenoxy) is 2. The van der Waals surface area contributed by atoms with E-state index in [9.17, 15) is 9.18 Å². The van der Waals surface area contributed by atoms with Crippen molar-refractivity contribution in [3.05, 3.63) is 107 Å². The van der Waals surface area contributed by atoms with Gasteiger partial charge in [-0.2, -0.15) is 0 Å². The van der Waals surface area contributed by atoms with Gasteiger partial charge in [-0.25, -0.2) is 14.2 Å². The highest BCUT2D eigenvalue weighted by atomic mass is 19.1. The molecule has 28 heavy (non-hydrogen) atoms. The zero-order valence-electron chi connectivity index (χ0n) is 14.8. The SMILES string of the molecule is O=C1OC(c2ccccc2)=N/C1=C\c1cccc(OCc2ccc(F)cc2)c1. The van der Waals surface area contributed by atoms with Crippen LogP contribution in [0.25, 0.3) is 6.08 Å². The monoisotopic (exact) mass is 373 g/mol. The standard InChI is InChI=1S/C23H16FNO3/c24-19-11-9-16(10-12-19)15-27-20-8-4-5-17(13-20)14-21-23(26)28-22(25-21)18-6-2-1-3-7-18/h1-14H,15H2/b21-14-. The fourth-order valence-corrected chi connectivity index (χ4v) is 2.71. The average Bonchev–Trinajstić information content (AvgIpc) is 3.09. The van der Waals surface area contributed by atoms with Crippen LogP contribution in [0, 0.1) is 5.82 Å². The van der Waals surface area contributed by atoms with Gasteiger partial charge in [0.2, 0.25) is 5.90 Å². The molecule has 5 heteroatoms. The van der Waals surface area contributed by atoms with Crippen LogP contribution in [0.15, 0.2) is 89.6 Å². The molecule has 0 radical (unpaired) electrons. The summed E-state index contributed by atoms with van der Waals surface area (Å²) >= 11 is 0. The third kappa shape index (κ3) is 4.15. The molecule has 0 amide bonds. The minimum atomic E-state index is -0.489. The predicted octanol–water partition coefficient (Wildman–Crippen LogP) is 4.75. The molecule has 4 rings (SSSR count). The van der Waals surface area contributed by atoms with E-state index in [4.69, 9.17) is 9.47 Å². The summed E-state index contributed by atoms with van der Waals surface area (Å²) < 4.78 is 24.0. The molecule has 0 N–H and O–H groups in total. The minimum absolute atomic E-state index is 0.231. The van der Waals surface area contributed by atoms with Crippen LogP contribution in [-0.4, -0.2) is 11.9 Å². The van der Waals surface area contributed by atoms with Crippen LogP contribution in [0.1, 0.15) is 16.7 Å². The molecule has 0 spiro atoms. The molecule has 1 heterocycles. The molecular weight excluding hydrogens is 357 g/mol. The van der Waals surface area contributed by atoms with Crippen molar-refractivity contribution in [2.75, 3.05) is 0 Å². The first-order valence-electron chi connectivity index (χ1n) is 8.73. The van der Waals surface area contributed by atoms with Crippen LogP contribution < -0.4 is 4.74 Å². The molecule has 3 aromatic carbocycles. The van der Waals surface area contributed by atoms with Crippen LogP contribution in [0.3, 0.4) is 0 Å². The number of rotatable bonds is 5. The Labute approximate surface area is 161 Å². The number of carbonyl (C=O) groups excluding carboxylic acids is 1. The third-order valence-corrected chi connectivity index (χ3v) is 4.12. The van der Waals surface area contributed by atoms with Crippen molar-refractivity contribution in [3.63, 3.8) is 0 Å². The lowest BCUT2D eigenvalue weighted by atomic mass is 10.2. The Hall–Kier alpha value is -3.73. The molecule has 0 unspecified atom stereocenters. The molecule has 3 aromatic rings. The molecule has 0 saturated carbocycles. The summed E-state index contributed by atoms with van der Waals surface area (Å²) in [6.07, 6.45) is 1.66. The summed E-state index contributed by atoms with van der Waals surface area (Å²) in [5, 5.41) is 0. The zero-order valence-corrected chi connectivity index (χ0v) is 14.8. The molecule has 0 aliphatic carbocycles. The summed E-state index contributed by atoms with van der Waals surface area (Å²) in [6, 6.07) is 22.7. The average molecular weight is 373 g/mol. The highest BCUT2D eigenvalue weighted by Crippen LogP contribution is 2.22. The summed E-state index contributed by atoms with van der Waals surface area (Å²) in [6.45, 7) is 0.318. The fourth-order valence-electron chi connectivity index (χ4n) is 2.71. The lowest BCUT2D eigenvalue weighted by molar-refractivity contribution is -0.129. The number of benzene rings is 3. The second-order valence-electron chi connectivity index (χ2n) is 6.19. The fraction of sp³-hybridized carbons (Fsp3) is 0.0435. The molecule has 4 nitrogen and oxygen atoms in total. The van der Waals surface area contributed by atoms with Gasteiger partial charge >= 0.3 is 5.97 Å². The molecule has 0 fully saturated rings. The molecule has 1 aliphatic rings.